The zero-order valence-corrected chi connectivity index (χ0v) is 45.5. The van der Waals surface area contributed by atoms with Gasteiger partial charge in [0.2, 0.25) is 0 Å². The van der Waals surface area contributed by atoms with Gasteiger partial charge in [0, 0.05) is 25.7 Å². The lowest BCUT2D eigenvalue weighted by Gasteiger charge is -2.30. The molecule has 0 aliphatic heterocycles. The van der Waals surface area contributed by atoms with Crippen molar-refractivity contribution in [1.82, 2.24) is 0 Å². The van der Waals surface area contributed by atoms with Gasteiger partial charge < -0.3 is 5.11 Å². The van der Waals surface area contributed by atoms with Crippen LogP contribution < -0.4 is 0 Å². The molecule has 0 bridgehead atoms. The molecule has 0 amide bonds. The van der Waals surface area contributed by atoms with Crippen molar-refractivity contribution in [1.29, 1.82) is 0 Å². The lowest BCUT2D eigenvalue weighted by Crippen LogP contribution is -2.46. The second-order valence-corrected chi connectivity index (χ2v) is 21.2. The van der Waals surface area contributed by atoms with E-state index in [2.05, 4.69) is 57.2 Å². The third kappa shape index (κ3) is 41.8. The van der Waals surface area contributed by atoms with Crippen LogP contribution in [-0.2, 0) is 33.1 Å². The first-order chi connectivity index (χ1) is 33.2. The molecule has 0 atom stereocenters. The van der Waals surface area contributed by atoms with Crippen molar-refractivity contribution in [3.63, 3.8) is 0 Å². The first-order valence-corrected chi connectivity index (χ1v) is 30.2. The molecule has 8 nitrogen and oxygen atoms in total. The van der Waals surface area contributed by atoms with E-state index in [1.807, 2.05) is 0 Å². The minimum absolute atomic E-state index is 0.0812. The normalized spacial score (nSPS) is 12.4. The predicted octanol–water partition coefficient (Wildman–Crippen LogP) is 17.5. The van der Waals surface area contributed by atoms with Crippen LogP contribution in [0.15, 0.2) is 36.5 Å². The number of carbonyl (C=O) groups is 3. The molecule has 0 saturated heterocycles. The highest BCUT2D eigenvalue weighted by Crippen LogP contribution is 2.33. The Labute approximate surface area is 420 Å². The first kappa shape index (κ1) is 66.1. The van der Waals surface area contributed by atoms with E-state index in [4.69, 9.17) is 8.37 Å². The number of hydrogen-bond donors (Lipinski definition) is 1. The van der Waals surface area contributed by atoms with Crippen molar-refractivity contribution in [2.75, 3.05) is 19.8 Å². The Morgan fingerprint density at radius 1 is 0.397 bits per heavy atom. The lowest BCUT2D eigenvalue weighted by molar-refractivity contribution is -0.147. The summed E-state index contributed by atoms with van der Waals surface area (Å²) in [6, 6.07) is 0. The van der Waals surface area contributed by atoms with E-state index in [-0.39, 0.29) is 31.5 Å². The van der Waals surface area contributed by atoms with Gasteiger partial charge in [-0.05, 0) is 96.3 Å². The molecule has 0 aromatic carbocycles. The highest BCUT2D eigenvalue weighted by Gasteiger charge is 2.47. The summed E-state index contributed by atoms with van der Waals surface area (Å²) in [5.74, 6) is -1.04. The summed E-state index contributed by atoms with van der Waals surface area (Å²) in [5.41, 5.74) is -1.89. The van der Waals surface area contributed by atoms with Crippen molar-refractivity contribution >= 4 is 27.7 Å². The van der Waals surface area contributed by atoms with Gasteiger partial charge in [0.1, 0.15) is 22.8 Å². The van der Waals surface area contributed by atoms with E-state index in [0.29, 0.717) is 19.3 Å². The van der Waals surface area contributed by atoms with E-state index in [1.165, 1.54) is 116 Å². The van der Waals surface area contributed by atoms with Crippen LogP contribution in [0.3, 0.4) is 0 Å². The molecular formula is C59H108O8S. The van der Waals surface area contributed by atoms with Gasteiger partial charge in [0.25, 0.3) is 0 Å². The average Bonchev–Trinajstić information content (AvgIpc) is 3.33. The molecule has 0 aliphatic rings. The lowest BCUT2D eigenvalue weighted by atomic mass is 9.72. The Kier molecular flexibility index (Phi) is 48.6. The van der Waals surface area contributed by atoms with Crippen molar-refractivity contribution in [2.24, 2.45) is 5.41 Å². The Morgan fingerprint density at radius 3 is 0.985 bits per heavy atom. The molecule has 1 N–H and O–H groups in total. The molecule has 0 aromatic heterocycles. The zero-order chi connectivity index (χ0) is 49.9. The monoisotopic (exact) mass is 977 g/mol. The molecule has 9 heteroatoms. The third-order valence-electron chi connectivity index (χ3n) is 13.4. The number of aliphatic hydroxyl groups excluding tert-OH is 1. The van der Waals surface area contributed by atoms with Crippen LogP contribution in [0.2, 0.25) is 0 Å². The first-order valence-electron chi connectivity index (χ1n) is 28.9. The highest BCUT2D eigenvalue weighted by atomic mass is 32.3. The second kappa shape index (κ2) is 50.0. The molecule has 68 heavy (non-hydrogen) atoms. The van der Waals surface area contributed by atoms with Crippen LogP contribution in [-0.4, -0.2) is 50.7 Å². The quantitative estimate of drug-likeness (QED) is 0.0363. The largest absolute Gasteiger partial charge is 0.399 e. The van der Waals surface area contributed by atoms with Gasteiger partial charge in [-0.15, -0.1) is 0 Å². The summed E-state index contributed by atoms with van der Waals surface area (Å²) in [4.78, 5) is 42.4. The summed E-state index contributed by atoms with van der Waals surface area (Å²) in [6.07, 6.45) is 57.7. The van der Waals surface area contributed by atoms with Gasteiger partial charge in [-0.3, -0.25) is 14.4 Å². The maximum atomic E-state index is 14.3. The van der Waals surface area contributed by atoms with Crippen molar-refractivity contribution in [3.8, 4) is 0 Å². The van der Waals surface area contributed by atoms with Gasteiger partial charge in [-0.1, -0.05) is 211 Å². The fourth-order valence-electron chi connectivity index (χ4n) is 8.92. The van der Waals surface area contributed by atoms with Crippen LogP contribution in [0.1, 0.15) is 297 Å². The number of rotatable bonds is 55. The molecule has 0 fully saturated rings. The van der Waals surface area contributed by atoms with E-state index >= 15 is 0 Å². The molecule has 0 saturated carbocycles. The summed E-state index contributed by atoms with van der Waals surface area (Å²) >= 11 is 0. The zero-order valence-electron chi connectivity index (χ0n) is 44.7. The van der Waals surface area contributed by atoms with Crippen LogP contribution in [0.4, 0.5) is 0 Å². The van der Waals surface area contributed by atoms with Crippen LogP contribution >= 0.6 is 0 Å². The summed E-state index contributed by atoms with van der Waals surface area (Å²) in [7, 11) is -4.62. The minimum Gasteiger partial charge on any atom is -0.394 e. The van der Waals surface area contributed by atoms with Crippen LogP contribution in [0.5, 0.6) is 0 Å². The Balaban J connectivity index is 5.39. The Hall–Kier alpha value is -1.94. The maximum absolute atomic E-state index is 14.3. The van der Waals surface area contributed by atoms with Gasteiger partial charge in [-0.2, -0.15) is 8.42 Å². The molecule has 0 spiro atoms. The number of Topliss-reactive ketones (excluding diaryl/α,β-unsaturated/α-hetero) is 3. The molecule has 0 heterocycles. The van der Waals surface area contributed by atoms with Gasteiger partial charge in [-0.25, -0.2) is 8.37 Å². The van der Waals surface area contributed by atoms with Crippen LogP contribution in [0, 0.1) is 5.41 Å². The van der Waals surface area contributed by atoms with Crippen molar-refractivity contribution in [3.05, 3.63) is 36.5 Å². The minimum atomic E-state index is -4.62. The van der Waals surface area contributed by atoms with E-state index in [1.54, 1.807) is 0 Å². The molecular weight excluding hydrogens is 869 g/mol. The van der Waals surface area contributed by atoms with Gasteiger partial charge in [0.15, 0.2) is 0 Å². The third-order valence-corrected chi connectivity index (χ3v) is 14.2. The summed E-state index contributed by atoms with van der Waals surface area (Å²) in [6.45, 7) is 4.94. The fourth-order valence-corrected chi connectivity index (χ4v) is 9.61. The highest BCUT2D eigenvalue weighted by molar-refractivity contribution is 7.81. The topological polar surface area (TPSA) is 124 Å². The average molecular weight is 978 g/mol. The van der Waals surface area contributed by atoms with E-state index < -0.39 is 47.2 Å². The van der Waals surface area contributed by atoms with Crippen molar-refractivity contribution < 1.29 is 36.3 Å². The van der Waals surface area contributed by atoms with E-state index in [9.17, 15) is 27.9 Å². The number of unbranched alkanes of at least 4 members (excludes halogenated alkanes) is 33. The number of carbonyl (C=O) groups excluding carboxylic acids is 3. The molecule has 398 valence electrons. The number of allylic oxidation sites excluding steroid dienone is 6. The molecule has 0 radical (unpaired) electrons. The summed E-state index contributed by atoms with van der Waals surface area (Å²) in [5, 5.41) is 9.20. The van der Waals surface area contributed by atoms with Gasteiger partial charge >= 0.3 is 10.4 Å². The Morgan fingerprint density at radius 2 is 0.676 bits per heavy atom. The SMILES string of the molecule is CCCCCCCC/C=C\CCCCCCCC(=O)CC(COS(=O)(=O)OCCO)(C(=O)CCCCCCC/C=C\CCCCCCCC)C(=O)CCCCCCC/C=C\CCCCCCCC. The molecule has 0 rings (SSSR count). The van der Waals surface area contributed by atoms with E-state index in [0.717, 1.165) is 116 Å². The maximum Gasteiger partial charge on any atom is 0.399 e. The number of ketones is 3. The molecule has 0 aliphatic carbocycles. The fraction of sp³-hybridized carbons (Fsp3) is 0.847. The second-order valence-electron chi connectivity index (χ2n) is 19.9. The smallest absolute Gasteiger partial charge is 0.394 e. The standard InChI is InChI=1S/C59H108O8S/c1-4-7-10-13-16-19-22-25-28-31-34-37-40-43-46-49-56(61)54-59(55-67-68(64,65)66-53-52-60,57(62)50-47-44-41-38-35-32-29-26-23-20-17-14-11-8-5-2)58(63)51-48-45-42-39-36-33-30-27-24-21-18-15-12-9-6-3/h25-30,60H,4-24,31-55H2,1-3H3/b28-25-,29-26-,30-27-. The van der Waals surface area contributed by atoms with Crippen LogP contribution in [0.25, 0.3) is 0 Å². The number of hydrogen-bond acceptors (Lipinski definition) is 8. The Bertz CT molecular complexity index is 1300. The summed E-state index contributed by atoms with van der Waals surface area (Å²) < 4.78 is 35.5. The molecule has 0 aromatic rings. The molecule has 0 unspecified atom stereocenters. The van der Waals surface area contributed by atoms with Crippen molar-refractivity contribution in [2.45, 2.75) is 297 Å². The number of aliphatic hydroxyl groups is 1. The predicted molar refractivity (Wildman–Crippen MR) is 288 cm³/mol. The van der Waals surface area contributed by atoms with Gasteiger partial charge in [0.05, 0.1) is 19.8 Å².